The zero-order chi connectivity index (χ0) is 17.6. The summed E-state index contributed by atoms with van der Waals surface area (Å²) in [7, 11) is 5.52. The van der Waals surface area contributed by atoms with Gasteiger partial charge in [-0.1, -0.05) is 0 Å². The Kier molecular flexibility index (Phi) is 5.71. The third-order valence-corrected chi connectivity index (χ3v) is 4.84. The molecule has 134 valence electrons. The third kappa shape index (κ3) is 4.20. The second kappa shape index (κ2) is 8.16. The molecule has 0 N–H and O–H groups in total. The van der Waals surface area contributed by atoms with E-state index < -0.39 is 0 Å². The number of hydrogen-bond acceptors (Lipinski definition) is 6. The lowest BCUT2D eigenvalue weighted by Crippen LogP contribution is -2.46. The van der Waals surface area contributed by atoms with Gasteiger partial charge >= 0.3 is 0 Å². The fraction of sp³-hybridized carbons (Fsp3) is 0.474. The van der Waals surface area contributed by atoms with Crippen LogP contribution in [0.1, 0.15) is 18.4 Å². The summed E-state index contributed by atoms with van der Waals surface area (Å²) < 4.78 is 10.9. The molecule has 0 bridgehead atoms. The van der Waals surface area contributed by atoms with Crippen molar-refractivity contribution in [2.24, 2.45) is 0 Å². The lowest BCUT2D eigenvalue weighted by atomic mass is 10.0. The summed E-state index contributed by atoms with van der Waals surface area (Å²) in [6.45, 7) is 2.95. The second-order valence-corrected chi connectivity index (χ2v) is 6.39. The van der Waals surface area contributed by atoms with E-state index in [1.165, 1.54) is 12.8 Å². The van der Waals surface area contributed by atoms with Gasteiger partial charge in [0.25, 0.3) is 0 Å². The molecule has 1 fully saturated rings. The van der Waals surface area contributed by atoms with Crippen molar-refractivity contribution in [2.45, 2.75) is 25.4 Å². The molecule has 1 unspecified atom stereocenters. The van der Waals surface area contributed by atoms with Crippen LogP contribution < -0.4 is 14.4 Å². The Hall–Kier alpha value is -2.34. The number of piperidine rings is 1. The third-order valence-electron chi connectivity index (χ3n) is 4.84. The predicted octanol–water partition coefficient (Wildman–Crippen LogP) is 2.59. The SMILES string of the molecule is COc1ccc(OC)c(CN2CCCC(N(C)c3ccncn3)C2)c1. The molecule has 1 aromatic carbocycles. The molecule has 0 amide bonds. The van der Waals surface area contributed by atoms with E-state index in [4.69, 9.17) is 9.47 Å². The first kappa shape index (κ1) is 17.5. The van der Waals surface area contributed by atoms with Crippen LogP contribution in [0.25, 0.3) is 0 Å². The summed E-state index contributed by atoms with van der Waals surface area (Å²) in [6, 6.07) is 8.38. The van der Waals surface area contributed by atoms with Gasteiger partial charge in [0.2, 0.25) is 0 Å². The van der Waals surface area contributed by atoms with Crippen molar-refractivity contribution in [3.63, 3.8) is 0 Å². The highest BCUT2D eigenvalue weighted by Crippen LogP contribution is 2.27. The molecule has 1 aromatic heterocycles. The Bertz CT molecular complexity index is 680. The Balaban J connectivity index is 1.70. The lowest BCUT2D eigenvalue weighted by molar-refractivity contribution is 0.196. The zero-order valence-corrected chi connectivity index (χ0v) is 15.2. The van der Waals surface area contributed by atoms with Gasteiger partial charge in [-0.05, 0) is 43.7 Å². The average molecular weight is 342 g/mol. The summed E-state index contributed by atoms with van der Waals surface area (Å²) >= 11 is 0. The minimum Gasteiger partial charge on any atom is -0.497 e. The monoisotopic (exact) mass is 342 g/mol. The molecular formula is C19H26N4O2. The van der Waals surface area contributed by atoms with Crippen molar-refractivity contribution in [3.8, 4) is 11.5 Å². The number of aromatic nitrogens is 2. The molecular weight excluding hydrogens is 316 g/mol. The van der Waals surface area contributed by atoms with Gasteiger partial charge in [-0.3, -0.25) is 4.90 Å². The fourth-order valence-corrected chi connectivity index (χ4v) is 3.42. The van der Waals surface area contributed by atoms with Gasteiger partial charge in [0, 0.05) is 37.9 Å². The Morgan fingerprint density at radius 2 is 2.12 bits per heavy atom. The summed E-state index contributed by atoms with van der Waals surface area (Å²) in [5.74, 6) is 2.75. The molecule has 2 aromatic rings. The van der Waals surface area contributed by atoms with Crippen LogP contribution in [0, 0.1) is 0 Å². The summed E-state index contributed by atoms with van der Waals surface area (Å²) in [5.41, 5.74) is 1.16. The van der Waals surface area contributed by atoms with Crippen molar-refractivity contribution in [3.05, 3.63) is 42.4 Å². The van der Waals surface area contributed by atoms with E-state index in [0.29, 0.717) is 6.04 Å². The number of benzene rings is 1. The predicted molar refractivity (Wildman–Crippen MR) is 98.3 cm³/mol. The number of likely N-dealkylation sites (N-methyl/N-ethyl adjacent to an activating group) is 1. The van der Waals surface area contributed by atoms with Crippen LogP contribution in [0.2, 0.25) is 0 Å². The first-order chi connectivity index (χ1) is 12.2. The Morgan fingerprint density at radius 1 is 1.24 bits per heavy atom. The molecule has 6 nitrogen and oxygen atoms in total. The van der Waals surface area contributed by atoms with E-state index in [-0.39, 0.29) is 0 Å². The van der Waals surface area contributed by atoms with Gasteiger partial charge in [-0.15, -0.1) is 0 Å². The molecule has 1 saturated heterocycles. The van der Waals surface area contributed by atoms with Crippen LogP contribution in [0.15, 0.2) is 36.8 Å². The van der Waals surface area contributed by atoms with Gasteiger partial charge in [0.15, 0.2) is 0 Å². The average Bonchev–Trinajstić information content (AvgIpc) is 2.68. The van der Waals surface area contributed by atoms with Gasteiger partial charge in [0.1, 0.15) is 23.6 Å². The number of methoxy groups -OCH3 is 2. The van der Waals surface area contributed by atoms with Crippen molar-refractivity contribution < 1.29 is 9.47 Å². The van der Waals surface area contributed by atoms with Crippen molar-refractivity contribution in [2.75, 3.05) is 39.3 Å². The molecule has 0 saturated carbocycles. The van der Waals surface area contributed by atoms with Gasteiger partial charge in [-0.25, -0.2) is 9.97 Å². The van der Waals surface area contributed by atoms with E-state index in [2.05, 4.69) is 32.9 Å². The highest BCUT2D eigenvalue weighted by Gasteiger charge is 2.24. The summed E-state index contributed by atoms with van der Waals surface area (Å²) in [6.07, 6.45) is 5.74. The molecule has 0 spiro atoms. The summed E-state index contributed by atoms with van der Waals surface area (Å²) in [5, 5.41) is 0. The van der Waals surface area contributed by atoms with E-state index in [0.717, 1.165) is 42.5 Å². The van der Waals surface area contributed by atoms with Crippen LogP contribution in [-0.4, -0.2) is 55.3 Å². The number of nitrogens with zero attached hydrogens (tertiary/aromatic N) is 4. The highest BCUT2D eigenvalue weighted by atomic mass is 16.5. The molecule has 3 rings (SSSR count). The van der Waals surface area contributed by atoms with Crippen LogP contribution in [-0.2, 0) is 6.54 Å². The van der Waals surface area contributed by atoms with Gasteiger partial charge in [-0.2, -0.15) is 0 Å². The number of anilines is 1. The first-order valence-electron chi connectivity index (χ1n) is 8.63. The molecule has 0 aliphatic carbocycles. The second-order valence-electron chi connectivity index (χ2n) is 6.39. The lowest BCUT2D eigenvalue weighted by Gasteiger charge is -2.38. The summed E-state index contributed by atoms with van der Waals surface area (Å²) in [4.78, 5) is 13.1. The van der Waals surface area contributed by atoms with E-state index in [9.17, 15) is 0 Å². The Labute approximate surface area is 149 Å². The largest absolute Gasteiger partial charge is 0.497 e. The zero-order valence-electron chi connectivity index (χ0n) is 15.2. The topological polar surface area (TPSA) is 50.7 Å². The normalized spacial score (nSPS) is 18.0. The van der Waals surface area contributed by atoms with Crippen molar-refractivity contribution in [1.29, 1.82) is 0 Å². The number of ether oxygens (including phenoxy) is 2. The van der Waals surface area contributed by atoms with Crippen LogP contribution in [0.4, 0.5) is 5.82 Å². The van der Waals surface area contributed by atoms with Crippen LogP contribution in [0.5, 0.6) is 11.5 Å². The van der Waals surface area contributed by atoms with Gasteiger partial charge in [0.05, 0.1) is 14.2 Å². The van der Waals surface area contributed by atoms with Crippen LogP contribution >= 0.6 is 0 Å². The molecule has 25 heavy (non-hydrogen) atoms. The highest BCUT2D eigenvalue weighted by molar-refractivity contribution is 5.40. The van der Waals surface area contributed by atoms with E-state index >= 15 is 0 Å². The minimum absolute atomic E-state index is 0.445. The van der Waals surface area contributed by atoms with E-state index in [1.54, 1.807) is 26.7 Å². The molecule has 6 heteroatoms. The smallest absolute Gasteiger partial charge is 0.131 e. The standard InChI is InChI=1S/C19H26N4O2/c1-22(19-8-9-20-14-21-19)16-5-4-10-23(13-16)12-15-11-17(24-2)6-7-18(15)25-3/h6-9,11,14,16H,4-5,10,12-13H2,1-3H3. The fourth-order valence-electron chi connectivity index (χ4n) is 3.42. The molecule has 0 radical (unpaired) electrons. The molecule has 1 atom stereocenters. The first-order valence-corrected chi connectivity index (χ1v) is 8.63. The molecule has 1 aliphatic heterocycles. The quantitative estimate of drug-likeness (QED) is 0.804. The molecule has 2 heterocycles. The maximum absolute atomic E-state index is 5.52. The maximum Gasteiger partial charge on any atom is 0.131 e. The Morgan fingerprint density at radius 3 is 2.84 bits per heavy atom. The molecule has 1 aliphatic rings. The number of rotatable bonds is 6. The number of hydrogen-bond donors (Lipinski definition) is 0. The van der Waals surface area contributed by atoms with Crippen molar-refractivity contribution in [1.82, 2.24) is 14.9 Å². The minimum atomic E-state index is 0.445. The van der Waals surface area contributed by atoms with Gasteiger partial charge < -0.3 is 14.4 Å². The van der Waals surface area contributed by atoms with E-state index in [1.807, 2.05) is 18.2 Å². The number of likely N-dealkylation sites (tertiary alicyclic amines) is 1. The maximum atomic E-state index is 5.52. The van der Waals surface area contributed by atoms with Crippen LogP contribution in [0.3, 0.4) is 0 Å². The van der Waals surface area contributed by atoms with Crippen molar-refractivity contribution >= 4 is 5.82 Å².